The molecule has 1 saturated heterocycles. The minimum absolute atomic E-state index is 0. The summed E-state index contributed by atoms with van der Waals surface area (Å²) in [4.78, 5) is 2.46. The molecule has 0 saturated carbocycles. The Hall–Kier alpha value is -0.580. The first-order valence-corrected chi connectivity index (χ1v) is 7.23. The van der Waals surface area contributed by atoms with Crippen LogP contribution in [-0.2, 0) is 12.1 Å². The van der Waals surface area contributed by atoms with Gasteiger partial charge in [0, 0.05) is 36.9 Å². The molecule has 0 amide bonds. The maximum atomic E-state index is 6.11. The number of halogens is 1. The van der Waals surface area contributed by atoms with Gasteiger partial charge in [0.05, 0.1) is 11.2 Å². The van der Waals surface area contributed by atoms with Crippen LogP contribution in [0.5, 0.6) is 0 Å². The molecule has 5 heteroatoms. The summed E-state index contributed by atoms with van der Waals surface area (Å²) in [6.07, 6.45) is 0. The third kappa shape index (κ3) is 3.35. The highest BCUT2D eigenvalue weighted by Crippen LogP contribution is 2.24. The standard InChI is InChI=1S/C15H28N4.ClH/c1-10-7-18(9-14(10)16)8-13-11(2)17-19(12(13)3)15(4,5)6;/h10,14H,7-9,16H2,1-6H3;1H. The zero-order valence-corrected chi connectivity index (χ0v) is 14.4. The Bertz CT molecular complexity index is 451. The van der Waals surface area contributed by atoms with Gasteiger partial charge in [-0.15, -0.1) is 12.4 Å². The molecule has 2 rings (SSSR count). The Morgan fingerprint density at radius 2 is 1.85 bits per heavy atom. The van der Waals surface area contributed by atoms with Gasteiger partial charge in [-0.3, -0.25) is 9.58 Å². The van der Waals surface area contributed by atoms with Crippen molar-refractivity contribution in [2.24, 2.45) is 11.7 Å². The molecule has 116 valence electrons. The van der Waals surface area contributed by atoms with Crippen LogP contribution in [0.4, 0.5) is 0 Å². The summed E-state index contributed by atoms with van der Waals surface area (Å²) in [5.74, 6) is 0.596. The minimum atomic E-state index is 0. The van der Waals surface area contributed by atoms with Crippen molar-refractivity contribution in [3.05, 3.63) is 17.0 Å². The highest BCUT2D eigenvalue weighted by molar-refractivity contribution is 5.85. The maximum Gasteiger partial charge on any atom is 0.0641 e. The van der Waals surface area contributed by atoms with Crippen LogP contribution in [0.2, 0.25) is 0 Å². The number of aromatic nitrogens is 2. The van der Waals surface area contributed by atoms with Crippen molar-refractivity contribution in [2.75, 3.05) is 13.1 Å². The van der Waals surface area contributed by atoms with Gasteiger partial charge in [-0.2, -0.15) is 5.10 Å². The summed E-state index contributed by atoms with van der Waals surface area (Å²) in [6, 6.07) is 0.318. The predicted molar refractivity (Wildman–Crippen MR) is 86.4 cm³/mol. The average Bonchev–Trinajstić information content (AvgIpc) is 2.73. The monoisotopic (exact) mass is 300 g/mol. The van der Waals surface area contributed by atoms with Crippen LogP contribution in [0.1, 0.15) is 44.6 Å². The molecule has 2 N–H and O–H groups in total. The lowest BCUT2D eigenvalue weighted by Crippen LogP contribution is -2.28. The van der Waals surface area contributed by atoms with E-state index >= 15 is 0 Å². The second kappa shape index (κ2) is 6.04. The van der Waals surface area contributed by atoms with Crippen LogP contribution >= 0.6 is 12.4 Å². The summed E-state index contributed by atoms with van der Waals surface area (Å²) in [5.41, 5.74) is 9.97. The number of hydrogen-bond donors (Lipinski definition) is 1. The zero-order valence-electron chi connectivity index (χ0n) is 13.6. The molecule has 0 aromatic carbocycles. The lowest BCUT2D eigenvalue weighted by atomic mass is 10.1. The summed E-state index contributed by atoms with van der Waals surface area (Å²) in [6.45, 7) is 16.2. The number of aryl methyl sites for hydroxylation is 1. The second-order valence-electron chi connectivity index (χ2n) is 7.07. The second-order valence-corrected chi connectivity index (χ2v) is 7.07. The number of hydrogen-bond acceptors (Lipinski definition) is 3. The first-order chi connectivity index (χ1) is 8.70. The van der Waals surface area contributed by atoms with Crippen molar-refractivity contribution < 1.29 is 0 Å². The van der Waals surface area contributed by atoms with E-state index in [0.29, 0.717) is 12.0 Å². The Morgan fingerprint density at radius 3 is 2.25 bits per heavy atom. The lowest BCUT2D eigenvalue weighted by Gasteiger charge is -2.22. The molecule has 0 spiro atoms. The third-order valence-corrected chi connectivity index (χ3v) is 4.20. The molecule has 20 heavy (non-hydrogen) atoms. The first-order valence-electron chi connectivity index (χ1n) is 7.23. The highest BCUT2D eigenvalue weighted by Gasteiger charge is 2.28. The van der Waals surface area contributed by atoms with Crippen molar-refractivity contribution >= 4 is 12.4 Å². The van der Waals surface area contributed by atoms with Crippen LogP contribution < -0.4 is 5.73 Å². The first kappa shape index (κ1) is 17.5. The predicted octanol–water partition coefficient (Wildman–Crippen LogP) is 2.46. The van der Waals surface area contributed by atoms with Gasteiger partial charge >= 0.3 is 0 Å². The lowest BCUT2D eigenvalue weighted by molar-refractivity contribution is 0.315. The summed E-state index contributed by atoms with van der Waals surface area (Å²) < 4.78 is 2.15. The van der Waals surface area contributed by atoms with Crippen molar-refractivity contribution in [3.8, 4) is 0 Å². The molecule has 1 aliphatic rings. The number of nitrogens with zero attached hydrogens (tertiary/aromatic N) is 3. The highest BCUT2D eigenvalue weighted by atomic mass is 35.5. The normalized spacial score (nSPS) is 23.9. The van der Waals surface area contributed by atoms with E-state index < -0.39 is 0 Å². The van der Waals surface area contributed by atoms with Crippen LogP contribution in [0.25, 0.3) is 0 Å². The maximum absolute atomic E-state index is 6.11. The molecule has 2 heterocycles. The molecule has 2 atom stereocenters. The van der Waals surface area contributed by atoms with Crippen LogP contribution in [0.3, 0.4) is 0 Å². The van der Waals surface area contributed by atoms with E-state index in [1.54, 1.807) is 0 Å². The largest absolute Gasteiger partial charge is 0.326 e. The van der Waals surface area contributed by atoms with E-state index in [9.17, 15) is 0 Å². The molecule has 0 radical (unpaired) electrons. The fraction of sp³-hybridized carbons (Fsp3) is 0.800. The summed E-state index contributed by atoms with van der Waals surface area (Å²) in [7, 11) is 0. The van der Waals surface area contributed by atoms with E-state index in [2.05, 4.69) is 51.1 Å². The molecule has 1 aliphatic heterocycles. The van der Waals surface area contributed by atoms with Crippen LogP contribution in [0, 0.1) is 19.8 Å². The van der Waals surface area contributed by atoms with E-state index in [4.69, 9.17) is 10.8 Å². The fourth-order valence-corrected chi connectivity index (χ4v) is 3.00. The van der Waals surface area contributed by atoms with Crippen molar-refractivity contribution in [2.45, 2.75) is 59.7 Å². The van der Waals surface area contributed by atoms with E-state index in [1.165, 1.54) is 11.3 Å². The van der Waals surface area contributed by atoms with E-state index in [1.807, 2.05) is 0 Å². The van der Waals surface area contributed by atoms with E-state index in [0.717, 1.165) is 25.3 Å². The van der Waals surface area contributed by atoms with Gasteiger partial charge in [0.25, 0.3) is 0 Å². The topological polar surface area (TPSA) is 47.1 Å². The average molecular weight is 301 g/mol. The number of nitrogens with two attached hydrogens (primary N) is 1. The van der Waals surface area contributed by atoms with Gasteiger partial charge < -0.3 is 5.73 Å². The van der Waals surface area contributed by atoms with Gasteiger partial charge in [-0.1, -0.05) is 6.92 Å². The van der Waals surface area contributed by atoms with Crippen LogP contribution in [-0.4, -0.2) is 33.8 Å². The molecule has 2 unspecified atom stereocenters. The molecular formula is C15H29ClN4. The Balaban J connectivity index is 0.00000200. The van der Waals surface area contributed by atoms with Gasteiger partial charge in [-0.25, -0.2) is 0 Å². The van der Waals surface area contributed by atoms with Gasteiger partial charge in [0.2, 0.25) is 0 Å². The molecular weight excluding hydrogens is 272 g/mol. The number of rotatable bonds is 2. The van der Waals surface area contributed by atoms with Gasteiger partial charge in [0.15, 0.2) is 0 Å². The smallest absolute Gasteiger partial charge is 0.0641 e. The van der Waals surface area contributed by atoms with Gasteiger partial charge in [-0.05, 0) is 40.5 Å². The molecule has 1 fully saturated rings. The third-order valence-electron chi connectivity index (χ3n) is 4.20. The molecule has 1 aromatic rings. The Kier molecular flexibility index (Phi) is 5.28. The van der Waals surface area contributed by atoms with Crippen molar-refractivity contribution in [1.82, 2.24) is 14.7 Å². The van der Waals surface area contributed by atoms with Crippen LogP contribution in [0.15, 0.2) is 0 Å². The van der Waals surface area contributed by atoms with E-state index in [-0.39, 0.29) is 17.9 Å². The molecule has 1 aromatic heterocycles. The van der Waals surface area contributed by atoms with Crippen molar-refractivity contribution in [3.63, 3.8) is 0 Å². The molecule has 4 nitrogen and oxygen atoms in total. The van der Waals surface area contributed by atoms with Crippen molar-refractivity contribution in [1.29, 1.82) is 0 Å². The Labute approximate surface area is 129 Å². The minimum Gasteiger partial charge on any atom is -0.326 e. The summed E-state index contributed by atoms with van der Waals surface area (Å²) >= 11 is 0. The fourth-order valence-electron chi connectivity index (χ4n) is 3.00. The summed E-state index contributed by atoms with van der Waals surface area (Å²) in [5, 5.41) is 4.72. The zero-order chi connectivity index (χ0) is 14.4. The molecule has 0 bridgehead atoms. The Morgan fingerprint density at radius 1 is 1.25 bits per heavy atom. The SMILES string of the molecule is Cc1nn(C(C)(C)C)c(C)c1CN1CC(C)C(N)C1.Cl. The quantitative estimate of drug-likeness (QED) is 0.912. The van der Waals surface area contributed by atoms with Gasteiger partial charge in [0.1, 0.15) is 0 Å². The molecule has 0 aliphatic carbocycles. The number of likely N-dealkylation sites (tertiary alicyclic amines) is 1.